The molecule has 0 aliphatic rings. The Hall–Kier alpha value is 0.0569. The third-order valence-electron chi connectivity index (χ3n) is 7.61. The Kier molecular flexibility index (Phi) is 32.6. The van der Waals surface area contributed by atoms with Gasteiger partial charge in [0.1, 0.15) is 0 Å². The maximum absolute atomic E-state index is 6.47. The maximum Gasteiger partial charge on any atom is 0.679 e. The summed E-state index contributed by atoms with van der Waals surface area (Å²) in [6, 6.07) is 0. The predicted octanol–water partition coefficient (Wildman–Crippen LogP) is 11.7. The third kappa shape index (κ3) is 28.0. The van der Waals surface area contributed by atoms with Crippen molar-refractivity contribution in [2.45, 2.75) is 195 Å². The number of hydrogen-bond donors (Lipinski definition) is 0. The highest BCUT2D eigenvalue weighted by atomic mass is 28.4. The second-order valence-electron chi connectivity index (χ2n) is 11.7. The lowest BCUT2D eigenvalue weighted by atomic mass is 10.1. The Balaban J connectivity index is 4.73. The second kappa shape index (κ2) is 32.6. The Morgan fingerprint density at radius 2 is 0.436 bits per heavy atom. The summed E-state index contributed by atoms with van der Waals surface area (Å²) in [4.78, 5) is 0. The van der Waals surface area contributed by atoms with Crippen LogP contribution in [0.2, 0.25) is 0 Å². The summed E-state index contributed by atoms with van der Waals surface area (Å²) in [5, 5.41) is 0. The largest absolute Gasteiger partial charge is 0.679 e. The Morgan fingerprint density at radius 1 is 0.256 bits per heavy atom. The molecule has 0 bridgehead atoms. The van der Waals surface area contributed by atoms with Crippen LogP contribution < -0.4 is 0 Å². The normalized spacial score (nSPS) is 12.0. The lowest BCUT2D eigenvalue weighted by molar-refractivity contribution is -0.0375. The van der Waals surface area contributed by atoms with Crippen LogP contribution in [0.4, 0.5) is 0 Å². The van der Waals surface area contributed by atoms with Gasteiger partial charge in [0.05, 0.1) is 0 Å². The third-order valence-corrected chi connectivity index (χ3v) is 9.84. The Morgan fingerprint density at radius 3 is 0.641 bits per heavy atom. The van der Waals surface area contributed by atoms with Crippen molar-refractivity contribution in [3.63, 3.8) is 0 Å². The van der Waals surface area contributed by atoms with Gasteiger partial charge in [-0.25, -0.2) is 0 Å². The van der Waals surface area contributed by atoms with Crippen molar-refractivity contribution in [1.29, 1.82) is 0 Å². The van der Waals surface area contributed by atoms with Crippen molar-refractivity contribution < 1.29 is 17.7 Å². The van der Waals surface area contributed by atoms with E-state index in [2.05, 4.69) is 27.7 Å². The van der Waals surface area contributed by atoms with Gasteiger partial charge in [-0.05, 0) is 25.7 Å². The van der Waals surface area contributed by atoms with E-state index < -0.39 is 9.05 Å². The summed E-state index contributed by atoms with van der Waals surface area (Å²) in [6.07, 6.45) is 33.1. The molecule has 0 fully saturated rings. The van der Waals surface area contributed by atoms with Crippen LogP contribution in [0.1, 0.15) is 195 Å². The van der Waals surface area contributed by atoms with Gasteiger partial charge in [-0.15, -0.1) is 0 Å². The van der Waals surface area contributed by atoms with Crippen LogP contribution in [-0.2, 0) is 17.7 Å². The van der Waals surface area contributed by atoms with Gasteiger partial charge < -0.3 is 17.7 Å². The number of unbranched alkanes of at least 4 members (excludes halogenated alkanes) is 22. The molecule has 0 N–H and O–H groups in total. The van der Waals surface area contributed by atoms with E-state index in [-0.39, 0.29) is 0 Å². The summed E-state index contributed by atoms with van der Waals surface area (Å²) < 4.78 is 25.9. The molecule has 0 saturated carbocycles. The van der Waals surface area contributed by atoms with Crippen LogP contribution >= 0.6 is 0 Å². The molecule has 0 aliphatic carbocycles. The van der Waals surface area contributed by atoms with Gasteiger partial charge in [-0.2, -0.15) is 0 Å². The summed E-state index contributed by atoms with van der Waals surface area (Å²) in [7, 11) is -3.10. The van der Waals surface area contributed by atoms with Crippen molar-refractivity contribution >= 4 is 9.05 Å². The van der Waals surface area contributed by atoms with Crippen LogP contribution in [0.5, 0.6) is 0 Å². The first kappa shape index (κ1) is 39.1. The first-order chi connectivity index (χ1) is 19.2. The SMILES string of the molecule is CCCCCCCCCCO[Si](OCCCCCCC)(OCCCCCCC)OCCCCCCCCCC. The zero-order valence-electron chi connectivity index (χ0n) is 27.3. The lowest BCUT2D eigenvalue weighted by Gasteiger charge is -2.28. The molecule has 4 nitrogen and oxygen atoms in total. The molecule has 0 saturated heterocycles. The predicted molar refractivity (Wildman–Crippen MR) is 172 cm³/mol. The van der Waals surface area contributed by atoms with E-state index in [1.54, 1.807) is 0 Å². The van der Waals surface area contributed by atoms with Gasteiger partial charge in [0, 0.05) is 26.4 Å². The van der Waals surface area contributed by atoms with Crippen LogP contribution in [0.15, 0.2) is 0 Å². The van der Waals surface area contributed by atoms with Crippen molar-refractivity contribution in [2.24, 2.45) is 0 Å². The molecule has 0 atom stereocenters. The monoisotopic (exact) mass is 573 g/mol. The van der Waals surface area contributed by atoms with E-state index in [1.165, 1.54) is 141 Å². The summed E-state index contributed by atoms with van der Waals surface area (Å²) in [5.41, 5.74) is 0. The molecule has 39 heavy (non-hydrogen) atoms. The average molecular weight is 573 g/mol. The lowest BCUT2D eigenvalue weighted by Crippen LogP contribution is -2.50. The van der Waals surface area contributed by atoms with E-state index in [0.717, 1.165) is 25.7 Å². The first-order valence-electron chi connectivity index (χ1n) is 17.8. The molecule has 0 aromatic heterocycles. The topological polar surface area (TPSA) is 36.9 Å². The first-order valence-corrected chi connectivity index (χ1v) is 19.4. The minimum absolute atomic E-state index is 0.695. The Labute approximate surface area is 247 Å². The molecule has 0 aromatic rings. The minimum Gasteiger partial charge on any atom is -0.351 e. The van der Waals surface area contributed by atoms with Gasteiger partial charge in [-0.1, -0.05) is 169 Å². The van der Waals surface area contributed by atoms with E-state index in [4.69, 9.17) is 17.7 Å². The smallest absolute Gasteiger partial charge is 0.351 e. The van der Waals surface area contributed by atoms with E-state index in [0.29, 0.717) is 26.4 Å². The summed E-state index contributed by atoms with van der Waals surface area (Å²) in [6.45, 7) is 11.9. The second-order valence-corrected chi connectivity index (χ2v) is 13.8. The highest BCUT2D eigenvalue weighted by molar-refractivity contribution is 6.53. The van der Waals surface area contributed by atoms with Crippen molar-refractivity contribution in [3.05, 3.63) is 0 Å². The van der Waals surface area contributed by atoms with Crippen molar-refractivity contribution in [1.82, 2.24) is 0 Å². The summed E-state index contributed by atoms with van der Waals surface area (Å²) in [5.74, 6) is 0. The van der Waals surface area contributed by atoms with E-state index in [9.17, 15) is 0 Å². The average Bonchev–Trinajstić information content (AvgIpc) is 2.95. The molecular weight excluding hydrogens is 500 g/mol. The maximum atomic E-state index is 6.47. The summed E-state index contributed by atoms with van der Waals surface area (Å²) >= 11 is 0. The molecule has 0 heterocycles. The number of rotatable bonds is 34. The molecule has 0 rings (SSSR count). The molecule has 5 heteroatoms. The van der Waals surface area contributed by atoms with Gasteiger partial charge in [-0.3, -0.25) is 0 Å². The van der Waals surface area contributed by atoms with Gasteiger partial charge >= 0.3 is 9.05 Å². The van der Waals surface area contributed by atoms with Gasteiger partial charge in [0.25, 0.3) is 0 Å². The van der Waals surface area contributed by atoms with Crippen molar-refractivity contribution in [2.75, 3.05) is 26.4 Å². The van der Waals surface area contributed by atoms with E-state index in [1.807, 2.05) is 0 Å². The standard InChI is InChI=1S/C34H72O4Si/c1-5-9-13-17-19-21-25-29-33-37-39(35-31-27-23-15-11-7-3,36-32-28-24-16-12-8-4)38-34-30-26-22-20-18-14-10-6-2/h5-34H2,1-4H3. The molecule has 0 aromatic carbocycles. The highest BCUT2D eigenvalue weighted by Gasteiger charge is 2.45. The zero-order chi connectivity index (χ0) is 28.5. The zero-order valence-corrected chi connectivity index (χ0v) is 28.3. The van der Waals surface area contributed by atoms with Gasteiger partial charge in [0.15, 0.2) is 0 Å². The van der Waals surface area contributed by atoms with Crippen LogP contribution in [0.3, 0.4) is 0 Å². The highest BCUT2D eigenvalue weighted by Crippen LogP contribution is 2.18. The van der Waals surface area contributed by atoms with Crippen LogP contribution in [-0.4, -0.2) is 35.5 Å². The fraction of sp³-hybridized carbons (Fsp3) is 1.00. The van der Waals surface area contributed by atoms with Crippen molar-refractivity contribution in [3.8, 4) is 0 Å². The van der Waals surface area contributed by atoms with Gasteiger partial charge in [0.2, 0.25) is 0 Å². The van der Waals surface area contributed by atoms with Crippen LogP contribution in [0, 0.1) is 0 Å². The molecule has 0 radical (unpaired) electrons. The fourth-order valence-electron chi connectivity index (χ4n) is 4.92. The fourth-order valence-corrected chi connectivity index (χ4v) is 7.00. The quantitative estimate of drug-likeness (QED) is 0.0567. The van der Waals surface area contributed by atoms with E-state index >= 15 is 0 Å². The molecule has 0 aliphatic heterocycles. The van der Waals surface area contributed by atoms with Crippen LogP contribution in [0.25, 0.3) is 0 Å². The number of hydrogen-bond acceptors (Lipinski definition) is 4. The molecular formula is C34H72O4Si. The molecule has 0 amide bonds. The molecule has 0 spiro atoms. The minimum atomic E-state index is -3.10. The Bertz CT molecular complexity index is 409. The molecule has 236 valence electrons. The molecule has 0 unspecified atom stereocenters.